The predicted octanol–water partition coefficient (Wildman–Crippen LogP) is 3.17. The van der Waals surface area contributed by atoms with Gasteiger partial charge < -0.3 is 10.6 Å². The molecule has 3 nitrogen and oxygen atoms in total. The molecular weight excluding hydrogens is 260 g/mol. The van der Waals surface area contributed by atoms with E-state index in [2.05, 4.69) is 17.6 Å². The molecule has 2 fully saturated rings. The van der Waals surface area contributed by atoms with Crippen LogP contribution in [0.1, 0.15) is 71.1 Å². The Morgan fingerprint density at radius 2 is 1.79 bits per heavy atom. The van der Waals surface area contributed by atoms with Gasteiger partial charge in [-0.05, 0) is 38.6 Å². The fourth-order valence-corrected chi connectivity index (χ4v) is 3.39. The molecule has 0 bridgehead atoms. The molecule has 1 saturated heterocycles. The van der Waals surface area contributed by atoms with Crippen LogP contribution in [0.15, 0.2) is 0 Å². The predicted molar refractivity (Wildman–Crippen MR) is 81.8 cm³/mol. The van der Waals surface area contributed by atoms with Crippen LogP contribution in [0.3, 0.4) is 0 Å². The highest BCUT2D eigenvalue weighted by atomic mass is 35.5. The van der Waals surface area contributed by atoms with Crippen molar-refractivity contribution in [2.24, 2.45) is 0 Å². The third-order valence-electron chi connectivity index (χ3n) is 4.72. The molecule has 0 radical (unpaired) electrons. The van der Waals surface area contributed by atoms with Crippen molar-refractivity contribution in [3.8, 4) is 0 Å². The minimum atomic E-state index is -0.262. The molecule has 2 rings (SSSR count). The zero-order valence-electron chi connectivity index (χ0n) is 12.2. The normalized spacial score (nSPS) is 29.1. The van der Waals surface area contributed by atoms with Gasteiger partial charge in [0.1, 0.15) is 0 Å². The highest BCUT2D eigenvalue weighted by Crippen LogP contribution is 2.24. The second kappa shape index (κ2) is 8.11. The minimum Gasteiger partial charge on any atom is -0.352 e. The number of hydrogen-bond acceptors (Lipinski definition) is 2. The molecule has 1 heterocycles. The topological polar surface area (TPSA) is 41.1 Å². The summed E-state index contributed by atoms with van der Waals surface area (Å²) in [6.07, 6.45) is 12.0. The Balaban J connectivity index is 0.00000180. The SMILES string of the molecule is CCC1(C(=O)NC2CCCCCCC2)CCCN1.Cl. The van der Waals surface area contributed by atoms with Gasteiger partial charge in [-0.3, -0.25) is 4.79 Å². The van der Waals surface area contributed by atoms with Gasteiger partial charge in [0.25, 0.3) is 0 Å². The molecule has 1 atom stereocenters. The van der Waals surface area contributed by atoms with E-state index in [-0.39, 0.29) is 23.9 Å². The summed E-state index contributed by atoms with van der Waals surface area (Å²) < 4.78 is 0. The molecule has 0 aromatic heterocycles. The summed E-state index contributed by atoms with van der Waals surface area (Å²) in [6.45, 7) is 3.11. The lowest BCUT2D eigenvalue weighted by atomic mass is 9.91. The highest BCUT2D eigenvalue weighted by Gasteiger charge is 2.39. The summed E-state index contributed by atoms with van der Waals surface area (Å²) >= 11 is 0. The van der Waals surface area contributed by atoms with E-state index in [1.165, 1.54) is 44.9 Å². The Labute approximate surface area is 123 Å². The lowest BCUT2D eigenvalue weighted by Crippen LogP contribution is -2.55. The van der Waals surface area contributed by atoms with Crippen LogP contribution in [-0.2, 0) is 4.79 Å². The Hall–Kier alpha value is -0.280. The first-order chi connectivity index (χ1) is 8.77. The molecule has 4 heteroatoms. The zero-order chi connectivity index (χ0) is 12.8. The Kier molecular flexibility index (Phi) is 7.16. The van der Waals surface area contributed by atoms with Gasteiger partial charge in [-0.15, -0.1) is 12.4 Å². The number of carbonyl (C=O) groups excluding carboxylic acids is 1. The summed E-state index contributed by atoms with van der Waals surface area (Å²) in [6, 6.07) is 0.420. The second-order valence-electron chi connectivity index (χ2n) is 5.98. The van der Waals surface area contributed by atoms with E-state index in [1.54, 1.807) is 0 Å². The van der Waals surface area contributed by atoms with Gasteiger partial charge in [0.2, 0.25) is 5.91 Å². The maximum atomic E-state index is 12.5. The van der Waals surface area contributed by atoms with Gasteiger partial charge in [-0.1, -0.05) is 39.0 Å². The fourth-order valence-electron chi connectivity index (χ4n) is 3.39. The van der Waals surface area contributed by atoms with E-state index < -0.39 is 0 Å². The van der Waals surface area contributed by atoms with Crippen LogP contribution >= 0.6 is 12.4 Å². The van der Waals surface area contributed by atoms with Crippen molar-refractivity contribution in [1.29, 1.82) is 0 Å². The largest absolute Gasteiger partial charge is 0.352 e. The quantitative estimate of drug-likeness (QED) is 0.837. The maximum absolute atomic E-state index is 12.5. The highest BCUT2D eigenvalue weighted by molar-refractivity contribution is 5.86. The molecule has 1 aliphatic carbocycles. The molecule has 0 aromatic carbocycles. The molecule has 1 unspecified atom stereocenters. The van der Waals surface area contributed by atoms with Gasteiger partial charge in [0, 0.05) is 6.04 Å². The van der Waals surface area contributed by atoms with E-state index in [4.69, 9.17) is 0 Å². The minimum absolute atomic E-state index is 0. The average molecular weight is 289 g/mol. The molecule has 0 spiro atoms. The Morgan fingerprint density at radius 3 is 2.32 bits per heavy atom. The van der Waals surface area contributed by atoms with Crippen molar-refractivity contribution in [3.05, 3.63) is 0 Å². The van der Waals surface area contributed by atoms with Crippen LogP contribution in [0.5, 0.6) is 0 Å². The van der Waals surface area contributed by atoms with Crippen LogP contribution < -0.4 is 10.6 Å². The van der Waals surface area contributed by atoms with Crippen molar-refractivity contribution >= 4 is 18.3 Å². The Bertz CT molecular complexity index is 269. The number of amides is 1. The monoisotopic (exact) mass is 288 g/mol. The van der Waals surface area contributed by atoms with Gasteiger partial charge in [0.05, 0.1) is 5.54 Å². The number of carbonyl (C=O) groups is 1. The first-order valence-electron chi connectivity index (χ1n) is 7.83. The lowest BCUT2D eigenvalue weighted by Gasteiger charge is -2.30. The number of hydrogen-bond donors (Lipinski definition) is 2. The number of halogens is 1. The molecule has 1 saturated carbocycles. The van der Waals surface area contributed by atoms with Crippen LogP contribution in [0.25, 0.3) is 0 Å². The summed E-state index contributed by atoms with van der Waals surface area (Å²) in [4.78, 5) is 12.5. The number of nitrogens with one attached hydrogen (secondary N) is 2. The smallest absolute Gasteiger partial charge is 0.240 e. The molecule has 2 aliphatic rings. The van der Waals surface area contributed by atoms with Crippen molar-refractivity contribution in [2.75, 3.05) is 6.54 Å². The van der Waals surface area contributed by atoms with Gasteiger partial charge >= 0.3 is 0 Å². The molecule has 19 heavy (non-hydrogen) atoms. The van der Waals surface area contributed by atoms with E-state index >= 15 is 0 Å². The molecular formula is C15H29ClN2O. The Morgan fingerprint density at radius 1 is 1.16 bits per heavy atom. The van der Waals surface area contributed by atoms with Crippen LogP contribution in [-0.4, -0.2) is 24.0 Å². The molecule has 2 N–H and O–H groups in total. The summed E-state index contributed by atoms with van der Waals surface area (Å²) in [5.74, 6) is 0.257. The van der Waals surface area contributed by atoms with Crippen LogP contribution in [0, 0.1) is 0 Å². The molecule has 112 valence electrons. The standard InChI is InChI=1S/C15H28N2O.ClH/c1-2-15(11-8-12-16-15)14(18)17-13-9-6-4-3-5-7-10-13;/h13,16H,2-12H2,1H3,(H,17,18);1H. The van der Waals surface area contributed by atoms with Gasteiger partial charge in [-0.25, -0.2) is 0 Å². The summed E-state index contributed by atoms with van der Waals surface area (Å²) in [7, 11) is 0. The maximum Gasteiger partial charge on any atom is 0.240 e. The molecule has 1 amide bonds. The average Bonchev–Trinajstić information content (AvgIpc) is 2.82. The zero-order valence-corrected chi connectivity index (χ0v) is 13.0. The fraction of sp³-hybridized carbons (Fsp3) is 0.933. The molecule has 1 aliphatic heterocycles. The summed E-state index contributed by atoms with van der Waals surface area (Å²) in [5, 5.41) is 6.74. The first kappa shape index (κ1) is 16.8. The third kappa shape index (κ3) is 4.35. The third-order valence-corrected chi connectivity index (χ3v) is 4.72. The first-order valence-corrected chi connectivity index (χ1v) is 7.83. The second-order valence-corrected chi connectivity index (χ2v) is 5.98. The van der Waals surface area contributed by atoms with Gasteiger partial charge in [-0.2, -0.15) is 0 Å². The van der Waals surface area contributed by atoms with Crippen LogP contribution in [0.2, 0.25) is 0 Å². The van der Waals surface area contributed by atoms with Crippen molar-refractivity contribution in [1.82, 2.24) is 10.6 Å². The van der Waals surface area contributed by atoms with Crippen LogP contribution in [0.4, 0.5) is 0 Å². The van der Waals surface area contributed by atoms with E-state index in [9.17, 15) is 4.79 Å². The van der Waals surface area contributed by atoms with E-state index in [0.717, 1.165) is 25.8 Å². The van der Waals surface area contributed by atoms with Crippen molar-refractivity contribution in [3.63, 3.8) is 0 Å². The lowest BCUT2D eigenvalue weighted by molar-refractivity contribution is -0.128. The number of rotatable bonds is 3. The summed E-state index contributed by atoms with van der Waals surface area (Å²) in [5.41, 5.74) is -0.262. The van der Waals surface area contributed by atoms with E-state index in [1.807, 2.05) is 0 Å². The van der Waals surface area contributed by atoms with E-state index in [0.29, 0.717) is 6.04 Å². The molecule has 0 aromatic rings. The van der Waals surface area contributed by atoms with Gasteiger partial charge in [0.15, 0.2) is 0 Å². The van der Waals surface area contributed by atoms with Crippen molar-refractivity contribution < 1.29 is 4.79 Å². The van der Waals surface area contributed by atoms with Crippen molar-refractivity contribution in [2.45, 2.75) is 82.7 Å².